The van der Waals surface area contributed by atoms with Gasteiger partial charge < -0.3 is 9.88 Å². The van der Waals surface area contributed by atoms with Crippen LogP contribution in [0.2, 0.25) is 0 Å². The van der Waals surface area contributed by atoms with Gasteiger partial charge in [0.15, 0.2) is 0 Å². The van der Waals surface area contributed by atoms with Crippen molar-refractivity contribution in [3.63, 3.8) is 0 Å². The molecular weight excluding hydrogens is 212 g/mol. The van der Waals surface area contributed by atoms with Gasteiger partial charge in [0, 0.05) is 25.5 Å². The van der Waals surface area contributed by atoms with Gasteiger partial charge in [-0.15, -0.1) is 0 Å². The second kappa shape index (κ2) is 5.19. The Morgan fingerprint density at radius 2 is 2.24 bits per heavy atom. The van der Waals surface area contributed by atoms with E-state index in [1.807, 2.05) is 14.0 Å². The van der Waals surface area contributed by atoms with E-state index in [0.29, 0.717) is 0 Å². The molecule has 0 amide bonds. The predicted octanol–water partition coefficient (Wildman–Crippen LogP) is 1.78. The van der Waals surface area contributed by atoms with Gasteiger partial charge in [0.1, 0.15) is 0 Å². The van der Waals surface area contributed by atoms with Crippen LogP contribution in [-0.4, -0.2) is 21.4 Å². The van der Waals surface area contributed by atoms with Crippen molar-refractivity contribution in [1.29, 1.82) is 0 Å². The zero-order chi connectivity index (χ0) is 12.3. The van der Waals surface area contributed by atoms with Crippen LogP contribution in [0, 0.1) is 6.92 Å². The minimum absolute atomic E-state index is 0.887. The average Bonchev–Trinajstić information content (AvgIpc) is 2.87. The van der Waals surface area contributed by atoms with Crippen molar-refractivity contribution >= 4 is 0 Å². The zero-order valence-corrected chi connectivity index (χ0v) is 10.8. The van der Waals surface area contributed by atoms with Crippen LogP contribution in [0.15, 0.2) is 24.5 Å². The molecule has 2 aromatic heterocycles. The SMILES string of the molecule is CCn1nc(C)cc1Cn1ccc(CNC)c1. The van der Waals surface area contributed by atoms with Crippen molar-refractivity contribution in [1.82, 2.24) is 19.7 Å². The maximum atomic E-state index is 4.46. The van der Waals surface area contributed by atoms with E-state index in [4.69, 9.17) is 0 Å². The molecule has 92 valence electrons. The molecule has 0 aromatic carbocycles. The van der Waals surface area contributed by atoms with E-state index in [1.54, 1.807) is 0 Å². The molecule has 0 aliphatic heterocycles. The van der Waals surface area contributed by atoms with Gasteiger partial charge in [-0.3, -0.25) is 4.68 Å². The van der Waals surface area contributed by atoms with Crippen LogP contribution in [0.1, 0.15) is 23.9 Å². The first-order chi connectivity index (χ1) is 8.22. The van der Waals surface area contributed by atoms with Crippen LogP contribution >= 0.6 is 0 Å². The Labute approximate surface area is 102 Å². The van der Waals surface area contributed by atoms with Gasteiger partial charge >= 0.3 is 0 Å². The van der Waals surface area contributed by atoms with Gasteiger partial charge in [-0.2, -0.15) is 5.10 Å². The first kappa shape index (κ1) is 11.9. The topological polar surface area (TPSA) is 34.8 Å². The summed E-state index contributed by atoms with van der Waals surface area (Å²) < 4.78 is 4.27. The third-order valence-electron chi connectivity index (χ3n) is 2.82. The molecule has 2 aromatic rings. The third-order valence-corrected chi connectivity index (χ3v) is 2.82. The van der Waals surface area contributed by atoms with Crippen LogP contribution in [-0.2, 0) is 19.6 Å². The molecule has 0 radical (unpaired) electrons. The summed E-state index contributed by atoms with van der Waals surface area (Å²) in [6, 6.07) is 4.30. The minimum atomic E-state index is 0.887. The Hall–Kier alpha value is -1.55. The van der Waals surface area contributed by atoms with Crippen molar-refractivity contribution in [2.75, 3.05) is 7.05 Å². The molecule has 0 fully saturated rings. The van der Waals surface area contributed by atoms with Crippen LogP contribution in [0.4, 0.5) is 0 Å². The van der Waals surface area contributed by atoms with E-state index >= 15 is 0 Å². The maximum Gasteiger partial charge on any atom is 0.0639 e. The molecule has 0 spiro atoms. The Bertz CT molecular complexity index is 481. The third kappa shape index (κ3) is 2.77. The summed E-state index contributed by atoms with van der Waals surface area (Å²) in [5, 5.41) is 7.62. The summed E-state index contributed by atoms with van der Waals surface area (Å²) in [7, 11) is 1.97. The highest BCUT2D eigenvalue weighted by Gasteiger charge is 2.04. The molecule has 17 heavy (non-hydrogen) atoms. The number of hydrogen-bond acceptors (Lipinski definition) is 2. The summed E-state index contributed by atoms with van der Waals surface area (Å²) >= 11 is 0. The zero-order valence-electron chi connectivity index (χ0n) is 10.8. The second-order valence-electron chi connectivity index (χ2n) is 4.32. The molecule has 4 heteroatoms. The van der Waals surface area contributed by atoms with Gasteiger partial charge in [-0.05, 0) is 38.6 Å². The lowest BCUT2D eigenvalue weighted by Crippen LogP contribution is -2.07. The lowest BCUT2D eigenvalue weighted by atomic mass is 10.3. The predicted molar refractivity (Wildman–Crippen MR) is 68.9 cm³/mol. The summed E-state index contributed by atoms with van der Waals surface area (Å²) in [5.41, 5.74) is 3.66. The summed E-state index contributed by atoms with van der Waals surface area (Å²) in [6.07, 6.45) is 4.30. The Kier molecular flexibility index (Phi) is 3.64. The normalized spacial score (nSPS) is 11.0. The molecule has 4 nitrogen and oxygen atoms in total. The Morgan fingerprint density at radius 1 is 1.41 bits per heavy atom. The van der Waals surface area contributed by atoms with E-state index in [0.717, 1.165) is 25.3 Å². The number of nitrogens with zero attached hydrogens (tertiary/aromatic N) is 3. The fraction of sp³-hybridized carbons (Fsp3) is 0.462. The summed E-state index contributed by atoms with van der Waals surface area (Å²) in [6.45, 7) is 6.89. The van der Waals surface area contributed by atoms with Gasteiger partial charge in [-0.25, -0.2) is 0 Å². The minimum Gasteiger partial charge on any atom is -0.348 e. The molecule has 1 N–H and O–H groups in total. The molecule has 0 saturated heterocycles. The van der Waals surface area contributed by atoms with Crippen molar-refractivity contribution in [2.24, 2.45) is 0 Å². The molecule has 0 saturated carbocycles. The fourth-order valence-corrected chi connectivity index (χ4v) is 2.08. The molecule has 0 unspecified atom stereocenters. The number of nitrogens with one attached hydrogen (secondary N) is 1. The van der Waals surface area contributed by atoms with Gasteiger partial charge in [0.05, 0.1) is 17.9 Å². The lowest BCUT2D eigenvalue weighted by molar-refractivity contribution is 0.597. The Morgan fingerprint density at radius 3 is 2.94 bits per heavy atom. The average molecular weight is 232 g/mol. The monoisotopic (exact) mass is 232 g/mol. The van der Waals surface area contributed by atoms with Gasteiger partial charge in [-0.1, -0.05) is 0 Å². The molecular formula is C13H20N4. The van der Waals surface area contributed by atoms with Crippen molar-refractivity contribution in [3.05, 3.63) is 41.5 Å². The number of aryl methyl sites for hydroxylation is 2. The largest absolute Gasteiger partial charge is 0.348 e. The lowest BCUT2D eigenvalue weighted by Gasteiger charge is -2.05. The van der Waals surface area contributed by atoms with Crippen LogP contribution in [0.3, 0.4) is 0 Å². The molecule has 2 heterocycles. The fourth-order valence-electron chi connectivity index (χ4n) is 2.08. The highest BCUT2D eigenvalue weighted by Crippen LogP contribution is 2.08. The number of aromatic nitrogens is 3. The van der Waals surface area contributed by atoms with Crippen molar-refractivity contribution in [2.45, 2.75) is 33.5 Å². The van der Waals surface area contributed by atoms with Crippen LogP contribution < -0.4 is 5.32 Å². The maximum absolute atomic E-state index is 4.46. The quantitative estimate of drug-likeness (QED) is 0.852. The van der Waals surface area contributed by atoms with E-state index in [-0.39, 0.29) is 0 Å². The first-order valence-corrected chi connectivity index (χ1v) is 6.05. The van der Waals surface area contributed by atoms with Gasteiger partial charge in [0.2, 0.25) is 0 Å². The first-order valence-electron chi connectivity index (χ1n) is 6.05. The van der Waals surface area contributed by atoms with E-state index < -0.39 is 0 Å². The molecule has 0 bridgehead atoms. The molecule has 0 aliphatic carbocycles. The number of rotatable bonds is 5. The van der Waals surface area contributed by atoms with E-state index in [9.17, 15) is 0 Å². The summed E-state index contributed by atoms with van der Waals surface area (Å²) in [4.78, 5) is 0. The summed E-state index contributed by atoms with van der Waals surface area (Å²) in [5.74, 6) is 0. The standard InChI is InChI=1S/C13H20N4/c1-4-17-13(7-11(2)15-17)10-16-6-5-12(9-16)8-14-3/h5-7,9,14H,4,8,10H2,1-3H3. The molecule has 0 aliphatic rings. The number of hydrogen-bond donors (Lipinski definition) is 1. The Balaban J connectivity index is 2.13. The molecule has 0 atom stereocenters. The van der Waals surface area contributed by atoms with Crippen LogP contribution in [0.5, 0.6) is 0 Å². The van der Waals surface area contributed by atoms with Crippen LogP contribution in [0.25, 0.3) is 0 Å². The van der Waals surface area contributed by atoms with E-state index in [1.165, 1.54) is 11.3 Å². The van der Waals surface area contributed by atoms with E-state index in [2.05, 4.69) is 51.1 Å². The highest BCUT2D eigenvalue weighted by atomic mass is 15.3. The molecule has 2 rings (SSSR count). The highest BCUT2D eigenvalue weighted by molar-refractivity contribution is 5.14. The second-order valence-corrected chi connectivity index (χ2v) is 4.32. The van der Waals surface area contributed by atoms with Crippen molar-refractivity contribution < 1.29 is 0 Å². The van der Waals surface area contributed by atoms with Crippen molar-refractivity contribution in [3.8, 4) is 0 Å². The van der Waals surface area contributed by atoms with Gasteiger partial charge in [0.25, 0.3) is 0 Å². The smallest absolute Gasteiger partial charge is 0.0639 e.